The summed E-state index contributed by atoms with van der Waals surface area (Å²) in [5.74, 6) is 0.942. The Hall–Kier alpha value is -2.12. The van der Waals surface area contributed by atoms with Crippen LogP contribution in [0.2, 0.25) is 0 Å². The monoisotopic (exact) mass is 363 g/mol. The zero-order valence-electron chi connectivity index (χ0n) is 13.9. The maximum atomic E-state index is 12.4. The molecule has 1 aromatic carbocycles. The summed E-state index contributed by atoms with van der Waals surface area (Å²) in [5, 5.41) is 6.80. The van der Waals surface area contributed by atoms with E-state index in [-0.39, 0.29) is 25.0 Å². The van der Waals surface area contributed by atoms with Crippen LogP contribution < -0.4 is 11.1 Å². The van der Waals surface area contributed by atoms with Gasteiger partial charge in [-0.3, -0.25) is 0 Å². The molecule has 0 unspecified atom stereocenters. The number of nitrogens with one attached hydrogen (secondary N) is 1. The first-order valence-corrected chi connectivity index (χ1v) is 8.36. The van der Waals surface area contributed by atoms with Crippen LogP contribution in [-0.4, -0.2) is 27.6 Å². The van der Waals surface area contributed by atoms with Gasteiger partial charge < -0.3 is 20.5 Å². The van der Waals surface area contributed by atoms with Crippen LogP contribution in [0, 0.1) is 0 Å². The van der Waals surface area contributed by atoms with Gasteiger partial charge in [0.25, 0.3) is 0 Å². The second-order valence-corrected chi connectivity index (χ2v) is 6.62. The number of nitrogens with zero attached hydrogens (tertiary/aromatic N) is 3. The van der Waals surface area contributed by atoms with Crippen molar-refractivity contribution in [2.75, 3.05) is 6.54 Å². The van der Waals surface area contributed by atoms with Crippen LogP contribution in [0.3, 0.4) is 0 Å². The zero-order chi connectivity index (χ0) is 16.6. The fraction of sp³-hybridized carbons (Fsp3) is 0.471. The third-order valence-corrected chi connectivity index (χ3v) is 4.97. The van der Waals surface area contributed by atoms with E-state index in [4.69, 9.17) is 10.3 Å². The molecular formula is C17H22ClN5O2. The Morgan fingerprint density at radius 1 is 1.32 bits per heavy atom. The van der Waals surface area contributed by atoms with Gasteiger partial charge in [-0.2, -0.15) is 4.98 Å². The van der Waals surface area contributed by atoms with E-state index in [0.717, 1.165) is 25.7 Å². The lowest BCUT2D eigenvalue weighted by molar-refractivity contribution is 0.190. The second kappa shape index (κ2) is 7.01. The first-order chi connectivity index (χ1) is 11.6. The second-order valence-electron chi connectivity index (χ2n) is 6.62. The highest BCUT2D eigenvalue weighted by atomic mass is 35.5. The number of halogens is 1. The van der Waals surface area contributed by atoms with Gasteiger partial charge in [-0.15, -0.1) is 12.4 Å². The molecule has 0 saturated heterocycles. The lowest BCUT2D eigenvalue weighted by Crippen LogP contribution is -2.44. The van der Waals surface area contributed by atoms with E-state index in [9.17, 15) is 4.79 Å². The van der Waals surface area contributed by atoms with Crippen molar-refractivity contribution < 1.29 is 9.32 Å². The molecule has 25 heavy (non-hydrogen) atoms. The summed E-state index contributed by atoms with van der Waals surface area (Å²) in [4.78, 5) is 18.5. The summed E-state index contributed by atoms with van der Waals surface area (Å²) in [6.45, 7) is 1.56. The van der Waals surface area contributed by atoms with E-state index in [0.29, 0.717) is 24.8 Å². The number of fused-ring (bicyclic) bond motifs is 1. The van der Waals surface area contributed by atoms with Gasteiger partial charge in [0, 0.05) is 13.1 Å². The number of hydrogen-bond acceptors (Lipinski definition) is 5. The number of carbonyl (C=O) groups is 1. The van der Waals surface area contributed by atoms with Crippen LogP contribution in [-0.2, 0) is 25.0 Å². The lowest BCUT2D eigenvalue weighted by Gasteiger charge is -2.34. The Balaban J connectivity index is 0.00000182. The summed E-state index contributed by atoms with van der Waals surface area (Å²) >= 11 is 0. The largest absolute Gasteiger partial charge is 0.337 e. The molecule has 2 amide bonds. The normalized spacial score (nSPS) is 17.9. The number of rotatable bonds is 3. The topological polar surface area (TPSA) is 97.3 Å². The highest BCUT2D eigenvalue weighted by Crippen LogP contribution is 2.36. The average molecular weight is 364 g/mol. The van der Waals surface area contributed by atoms with E-state index in [2.05, 4.69) is 27.6 Å². The minimum atomic E-state index is -0.442. The molecule has 0 atom stereocenters. The number of hydrogen-bond donors (Lipinski definition) is 2. The zero-order valence-corrected chi connectivity index (χ0v) is 14.7. The molecule has 1 aliphatic carbocycles. The Morgan fingerprint density at radius 3 is 2.80 bits per heavy atom. The molecule has 7 nitrogen and oxygen atoms in total. The molecule has 1 aromatic heterocycles. The van der Waals surface area contributed by atoms with Gasteiger partial charge in [-0.1, -0.05) is 29.4 Å². The van der Waals surface area contributed by atoms with Crippen molar-refractivity contribution in [2.45, 2.75) is 44.3 Å². The number of nitrogens with two attached hydrogens (primary N) is 1. The van der Waals surface area contributed by atoms with E-state index < -0.39 is 5.54 Å². The minimum absolute atomic E-state index is 0. The van der Waals surface area contributed by atoms with Gasteiger partial charge in [0.2, 0.25) is 5.89 Å². The molecule has 2 heterocycles. The molecular weight excluding hydrogens is 342 g/mol. The van der Waals surface area contributed by atoms with Crippen molar-refractivity contribution >= 4 is 18.4 Å². The molecule has 2 aliphatic rings. The third-order valence-electron chi connectivity index (χ3n) is 4.97. The first kappa shape index (κ1) is 17.7. The van der Waals surface area contributed by atoms with Crippen LogP contribution in [0.1, 0.15) is 42.1 Å². The summed E-state index contributed by atoms with van der Waals surface area (Å²) in [7, 11) is 0. The molecule has 4 rings (SSSR count). The quantitative estimate of drug-likeness (QED) is 0.870. The van der Waals surface area contributed by atoms with E-state index in [1.807, 2.05) is 12.1 Å². The number of urea groups is 1. The van der Waals surface area contributed by atoms with Crippen LogP contribution in [0.25, 0.3) is 0 Å². The van der Waals surface area contributed by atoms with Gasteiger partial charge in [0.05, 0.1) is 12.1 Å². The minimum Gasteiger partial charge on any atom is -0.337 e. The van der Waals surface area contributed by atoms with Crippen LogP contribution in [0.15, 0.2) is 28.8 Å². The number of carbonyl (C=O) groups excluding carboxylic acids is 1. The van der Waals surface area contributed by atoms with Crippen molar-refractivity contribution in [1.82, 2.24) is 20.4 Å². The van der Waals surface area contributed by atoms with E-state index in [1.54, 1.807) is 4.90 Å². The summed E-state index contributed by atoms with van der Waals surface area (Å²) in [6.07, 6.45) is 3.73. The smallest absolute Gasteiger partial charge is 0.318 e. The fourth-order valence-electron chi connectivity index (χ4n) is 3.24. The van der Waals surface area contributed by atoms with Crippen LogP contribution in [0.5, 0.6) is 0 Å². The molecule has 3 N–H and O–H groups in total. The Morgan fingerprint density at radius 2 is 2.08 bits per heavy atom. The molecule has 134 valence electrons. The molecule has 1 fully saturated rings. The van der Waals surface area contributed by atoms with E-state index in [1.165, 1.54) is 11.1 Å². The first-order valence-electron chi connectivity index (χ1n) is 8.36. The average Bonchev–Trinajstić information content (AvgIpc) is 3.06. The SMILES string of the molecule is Cl.NC1(c2noc(CNC(=O)N3CCc4ccccc4C3)n2)CCC1. The predicted molar refractivity (Wildman–Crippen MR) is 94.1 cm³/mol. The maximum Gasteiger partial charge on any atom is 0.318 e. The number of aromatic nitrogens is 2. The highest BCUT2D eigenvalue weighted by Gasteiger charge is 2.39. The van der Waals surface area contributed by atoms with Crippen LogP contribution in [0.4, 0.5) is 4.79 Å². The van der Waals surface area contributed by atoms with Gasteiger partial charge >= 0.3 is 6.03 Å². The molecule has 8 heteroatoms. The maximum absolute atomic E-state index is 12.4. The Bertz CT molecular complexity index is 759. The molecule has 1 aliphatic heterocycles. The lowest BCUT2D eigenvalue weighted by atomic mass is 9.77. The predicted octanol–water partition coefficient (Wildman–Crippen LogP) is 2.10. The number of amides is 2. The standard InChI is InChI=1S/C17H21N5O2.ClH/c18-17(7-3-8-17)15-20-14(24-21-15)10-19-16(23)22-9-6-12-4-1-2-5-13(12)11-22;/h1-2,4-5H,3,6-11,18H2,(H,19,23);1H. The molecule has 2 aromatic rings. The summed E-state index contributed by atoms with van der Waals surface area (Å²) in [5.41, 5.74) is 8.25. The third kappa shape index (κ3) is 3.48. The fourth-order valence-corrected chi connectivity index (χ4v) is 3.24. The molecule has 0 bridgehead atoms. The van der Waals surface area contributed by atoms with Gasteiger partial charge in [-0.25, -0.2) is 4.79 Å². The van der Waals surface area contributed by atoms with Gasteiger partial charge in [-0.05, 0) is 36.8 Å². The molecule has 1 saturated carbocycles. The van der Waals surface area contributed by atoms with E-state index >= 15 is 0 Å². The highest BCUT2D eigenvalue weighted by molar-refractivity contribution is 5.85. The number of benzene rings is 1. The Labute approximate surface area is 152 Å². The van der Waals surface area contributed by atoms with Crippen molar-refractivity contribution in [3.8, 4) is 0 Å². The molecule has 0 spiro atoms. The van der Waals surface area contributed by atoms with Crippen molar-refractivity contribution in [3.05, 3.63) is 47.1 Å². The van der Waals surface area contributed by atoms with Gasteiger partial charge in [0.1, 0.15) is 0 Å². The Kier molecular flexibility index (Phi) is 4.96. The van der Waals surface area contributed by atoms with Gasteiger partial charge in [0.15, 0.2) is 5.82 Å². The molecule has 0 radical (unpaired) electrons. The van der Waals surface area contributed by atoms with Crippen molar-refractivity contribution in [1.29, 1.82) is 0 Å². The summed E-state index contributed by atoms with van der Waals surface area (Å²) in [6, 6.07) is 8.11. The summed E-state index contributed by atoms with van der Waals surface area (Å²) < 4.78 is 5.21. The van der Waals surface area contributed by atoms with Crippen LogP contribution >= 0.6 is 12.4 Å². The van der Waals surface area contributed by atoms with Crippen molar-refractivity contribution in [2.24, 2.45) is 5.73 Å². The van der Waals surface area contributed by atoms with Crippen molar-refractivity contribution in [3.63, 3.8) is 0 Å².